The minimum atomic E-state index is -0.299. The molecule has 230 valence electrons. The van der Waals surface area contributed by atoms with Crippen LogP contribution in [0.25, 0.3) is 22.4 Å². The minimum Gasteiger partial charge on any atom is -0.438 e. The lowest BCUT2D eigenvalue weighted by atomic mass is 9.36. The van der Waals surface area contributed by atoms with E-state index in [4.69, 9.17) is 19.7 Å². The van der Waals surface area contributed by atoms with Crippen LogP contribution in [0.2, 0.25) is 0 Å². The van der Waals surface area contributed by atoms with E-state index in [9.17, 15) is 0 Å². The van der Waals surface area contributed by atoms with Crippen molar-refractivity contribution in [3.8, 4) is 34.0 Å². The van der Waals surface area contributed by atoms with Gasteiger partial charge in [0.2, 0.25) is 5.88 Å². The summed E-state index contributed by atoms with van der Waals surface area (Å²) in [6.07, 6.45) is 0. The van der Waals surface area contributed by atoms with E-state index in [1.807, 2.05) is 12.1 Å². The Morgan fingerprint density at radius 2 is 1.26 bits per heavy atom. The maximum atomic E-state index is 6.98. The molecular weight excluding hydrogens is 575 g/mol. The summed E-state index contributed by atoms with van der Waals surface area (Å²) in [6, 6.07) is 40.5. The normalized spacial score (nSPS) is 13.4. The Hall–Kier alpha value is -5.23. The van der Waals surface area contributed by atoms with Crippen molar-refractivity contribution in [2.24, 2.45) is 0 Å². The summed E-state index contributed by atoms with van der Waals surface area (Å²) in [5.74, 6) is 2.98. The average Bonchev–Trinajstić information content (AvgIpc) is 3.07. The molecule has 2 aliphatic rings. The summed E-state index contributed by atoms with van der Waals surface area (Å²) in [5, 5.41) is 0. The first-order valence-electron chi connectivity index (χ1n) is 16.3. The Morgan fingerprint density at radius 3 is 1.89 bits per heavy atom. The second-order valence-electron chi connectivity index (χ2n) is 14.6. The number of fused-ring (bicyclic) bond motifs is 4. The van der Waals surface area contributed by atoms with Gasteiger partial charge in [-0.3, -0.25) is 9.88 Å². The van der Waals surface area contributed by atoms with E-state index in [0.29, 0.717) is 5.88 Å². The van der Waals surface area contributed by atoms with Gasteiger partial charge in [-0.05, 0) is 46.3 Å². The van der Waals surface area contributed by atoms with Crippen LogP contribution in [0.4, 0.5) is 17.2 Å². The van der Waals surface area contributed by atoms with Crippen molar-refractivity contribution in [1.29, 1.82) is 0 Å². The van der Waals surface area contributed by atoms with Crippen molar-refractivity contribution in [2.75, 3.05) is 4.90 Å². The summed E-state index contributed by atoms with van der Waals surface area (Å²) in [7, 11) is 0. The monoisotopic (exact) mass is 612 g/mol. The highest BCUT2D eigenvalue weighted by molar-refractivity contribution is 6.98. The Labute approximate surface area is 277 Å². The number of hydrogen-bond donors (Lipinski definition) is 0. The van der Waals surface area contributed by atoms with Gasteiger partial charge in [-0.2, -0.15) is 4.98 Å². The van der Waals surface area contributed by atoms with Gasteiger partial charge in [0, 0.05) is 33.4 Å². The summed E-state index contributed by atoms with van der Waals surface area (Å²) in [5.41, 5.74) is 10.0. The molecule has 0 unspecified atom stereocenters. The van der Waals surface area contributed by atoms with Gasteiger partial charge in [0.25, 0.3) is 6.71 Å². The number of nitrogens with zero attached hydrogens (tertiary/aromatic N) is 4. The maximum Gasteiger partial charge on any atom is 0.284 e. The average molecular weight is 613 g/mol. The van der Waals surface area contributed by atoms with E-state index in [0.717, 1.165) is 67.7 Å². The van der Waals surface area contributed by atoms with Crippen LogP contribution >= 0.6 is 0 Å². The molecule has 0 spiro atoms. The van der Waals surface area contributed by atoms with Crippen LogP contribution in [0.5, 0.6) is 11.6 Å². The Balaban J connectivity index is 1.49. The highest BCUT2D eigenvalue weighted by atomic mass is 16.5. The van der Waals surface area contributed by atoms with E-state index in [1.54, 1.807) is 0 Å². The van der Waals surface area contributed by atoms with Gasteiger partial charge < -0.3 is 4.74 Å². The van der Waals surface area contributed by atoms with E-state index >= 15 is 0 Å². The molecule has 47 heavy (non-hydrogen) atoms. The summed E-state index contributed by atoms with van der Waals surface area (Å²) in [6.45, 7) is 12.9. The fourth-order valence-electron chi connectivity index (χ4n) is 6.73. The van der Waals surface area contributed by atoms with Crippen molar-refractivity contribution in [3.05, 3.63) is 127 Å². The molecule has 0 bridgehead atoms. The molecule has 0 aliphatic carbocycles. The van der Waals surface area contributed by atoms with Gasteiger partial charge in [-0.1, -0.05) is 133 Å². The standard InChI is InChI=1S/C41H37BN4O/c1-40(2,3)30-25-32(27-18-12-8-13-19-27)43-36-35(30)47-38-34-37(44-39(45-38)41(4,5)6)46(29-20-14-9-15-21-29)33-23-22-28(24-31(33)42(34)36)26-16-10-7-11-17-26/h7-25H,1-6H3. The third kappa shape index (κ3) is 4.91. The molecule has 0 radical (unpaired) electrons. The topological polar surface area (TPSA) is 51.1 Å². The smallest absolute Gasteiger partial charge is 0.284 e. The first-order chi connectivity index (χ1) is 22.6. The zero-order valence-electron chi connectivity index (χ0n) is 27.7. The molecule has 2 aromatic heterocycles. The predicted molar refractivity (Wildman–Crippen MR) is 194 cm³/mol. The zero-order valence-corrected chi connectivity index (χ0v) is 27.7. The summed E-state index contributed by atoms with van der Waals surface area (Å²) in [4.78, 5) is 18.2. The van der Waals surface area contributed by atoms with Crippen molar-refractivity contribution >= 4 is 40.4 Å². The highest BCUT2D eigenvalue weighted by Gasteiger charge is 2.47. The molecule has 0 saturated heterocycles. The van der Waals surface area contributed by atoms with Crippen LogP contribution in [0.1, 0.15) is 52.9 Å². The van der Waals surface area contributed by atoms with E-state index < -0.39 is 0 Å². The second kappa shape index (κ2) is 10.7. The summed E-state index contributed by atoms with van der Waals surface area (Å²) >= 11 is 0. The third-order valence-electron chi connectivity index (χ3n) is 9.11. The van der Waals surface area contributed by atoms with Gasteiger partial charge in [0.15, 0.2) is 0 Å². The molecule has 8 rings (SSSR count). The fourth-order valence-corrected chi connectivity index (χ4v) is 6.73. The molecule has 0 N–H and O–H groups in total. The third-order valence-corrected chi connectivity index (χ3v) is 9.11. The van der Waals surface area contributed by atoms with E-state index in [1.165, 1.54) is 5.56 Å². The van der Waals surface area contributed by atoms with Gasteiger partial charge in [0.05, 0.1) is 11.3 Å². The lowest BCUT2D eigenvalue weighted by molar-refractivity contribution is 0.431. The molecule has 0 saturated carbocycles. The first kappa shape index (κ1) is 29.2. The lowest BCUT2D eigenvalue weighted by Crippen LogP contribution is -2.61. The number of anilines is 3. The van der Waals surface area contributed by atoms with Gasteiger partial charge in [-0.25, -0.2) is 4.98 Å². The van der Waals surface area contributed by atoms with Crippen LogP contribution in [0.15, 0.2) is 115 Å². The fraction of sp³-hybridized carbons (Fsp3) is 0.195. The lowest BCUT2D eigenvalue weighted by Gasteiger charge is -2.40. The van der Waals surface area contributed by atoms with Crippen molar-refractivity contribution < 1.29 is 4.74 Å². The van der Waals surface area contributed by atoms with Crippen molar-refractivity contribution in [1.82, 2.24) is 15.0 Å². The molecule has 4 aromatic carbocycles. The van der Waals surface area contributed by atoms with Crippen LogP contribution in [-0.4, -0.2) is 21.7 Å². The van der Waals surface area contributed by atoms with Crippen LogP contribution in [0, 0.1) is 0 Å². The highest BCUT2D eigenvalue weighted by Crippen LogP contribution is 2.43. The zero-order chi connectivity index (χ0) is 32.5. The molecule has 2 aliphatic heterocycles. The maximum absolute atomic E-state index is 6.98. The number of ether oxygens (including phenoxy) is 1. The molecule has 6 heteroatoms. The minimum absolute atomic E-state index is 0.212. The quantitative estimate of drug-likeness (QED) is 0.188. The number of benzene rings is 4. The van der Waals surface area contributed by atoms with E-state index in [2.05, 4.69) is 150 Å². The van der Waals surface area contributed by atoms with Crippen LogP contribution < -0.4 is 26.2 Å². The number of pyridine rings is 1. The Kier molecular flexibility index (Phi) is 6.62. The molecule has 0 amide bonds. The Bertz CT molecular complexity index is 2140. The molecule has 0 atom stereocenters. The van der Waals surface area contributed by atoms with Crippen molar-refractivity contribution in [2.45, 2.75) is 52.4 Å². The number of aromatic nitrogens is 3. The SMILES string of the molecule is CC(C)(C)c1nc2c3c(n1)N(c1ccccc1)c1ccc(-c4ccccc4)cc1B3c1nc(-c3ccccc3)cc(C(C)(C)C)c1O2. The molecular formula is C41H37BN4O. The van der Waals surface area contributed by atoms with Gasteiger partial charge >= 0.3 is 0 Å². The molecule has 0 fully saturated rings. The van der Waals surface area contributed by atoms with Crippen LogP contribution in [-0.2, 0) is 10.8 Å². The van der Waals surface area contributed by atoms with Crippen molar-refractivity contribution in [3.63, 3.8) is 0 Å². The Morgan fingerprint density at radius 1 is 0.617 bits per heavy atom. The van der Waals surface area contributed by atoms with Gasteiger partial charge in [-0.15, -0.1) is 0 Å². The molecule has 4 heterocycles. The predicted octanol–water partition coefficient (Wildman–Crippen LogP) is 8.21. The second-order valence-corrected chi connectivity index (χ2v) is 14.6. The first-order valence-corrected chi connectivity index (χ1v) is 16.3. The number of rotatable bonds is 3. The number of hydrogen-bond acceptors (Lipinski definition) is 5. The molecule has 6 aromatic rings. The number of para-hydroxylation sites is 1. The van der Waals surface area contributed by atoms with Crippen LogP contribution in [0.3, 0.4) is 0 Å². The molecule has 5 nitrogen and oxygen atoms in total. The van der Waals surface area contributed by atoms with Gasteiger partial charge in [0.1, 0.15) is 17.4 Å². The largest absolute Gasteiger partial charge is 0.438 e. The van der Waals surface area contributed by atoms with E-state index in [-0.39, 0.29) is 17.5 Å². The summed E-state index contributed by atoms with van der Waals surface area (Å²) < 4.78 is 6.98.